The third-order valence-corrected chi connectivity index (χ3v) is 5.32. The first-order chi connectivity index (χ1) is 10.9. The fraction of sp³-hybridized carbons (Fsp3) is 0.471. The molecule has 2 rings (SSSR count). The standard InChI is InChI=1S/C17H24N2O3S/c1-5-7-10-22-16-9-8-15(11-13(16)3)23(20,21)19-12-14(4)18-17(19)6-2/h8-9,11-12H,5-7,10H2,1-4H3. The average Bonchev–Trinajstić information content (AvgIpc) is 2.91. The van der Waals surface area contributed by atoms with E-state index < -0.39 is 10.0 Å². The van der Waals surface area contributed by atoms with Crippen LogP contribution in [0, 0.1) is 13.8 Å². The number of benzene rings is 1. The van der Waals surface area contributed by atoms with Crippen LogP contribution in [0.1, 0.15) is 43.8 Å². The lowest BCUT2D eigenvalue weighted by atomic mass is 10.2. The molecule has 5 nitrogen and oxygen atoms in total. The van der Waals surface area contributed by atoms with E-state index in [1.165, 1.54) is 3.97 Å². The Kier molecular flexibility index (Phi) is 5.46. The number of ether oxygens (including phenoxy) is 1. The Labute approximate surface area is 138 Å². The number of aromatic nitrogens is 2. The SMILES string of the molecule is CCCCOc1ccc(S(=O)(=O)n2cc(C)nc2CC)cc1C. The molecule has 0 fully saturated rings. The summed E-state index contributed by atoms with van der Waals surface area (Å²) in [6.07, 6.45) is 4.17. The fourth-order valence-electron chi connectivity index (χ4n) is 2.35. The van der Waals surface area contributed by atoms with Gasteiger partial charge in [-0.2, -0.15) is 0 Å². The Morgan fingerprint density at radius 3 is 2.57 bits per heavy atom. The first-order valence-corrected chi connectivity index (χ1v) is 9.38. The Hall–Kier alpha value is -1.82. The first kappa shape index (κ1) is 17.5. The molecule has 1 aromatic heterocycles. The molecule has 0 amide bonds. The molecule has 0 atom stereocenters. The van der Waals surface area contributed by atoms with E-state index >= 15 is 0 Å². The molecule has 0 aliphatic rings. The van der Waals surface area contributed by atoms with Gasteiger partial charge in [0.2, 0.25) is 0 Å². The van der Waals surface area contributed by atoms with Gasteiger partial charge in [0.15, 0.2) is 0 Å². The van der Waals surface area contributed by atoms with E-state index in [1.807, 2.05) is 13.8 Å². The summed E-state index contributed by atoms with van der Waals surface area (Å²) in [6.45, 7) is 8.29. The van der Waals surface area contributed by atoms with Gasteiger partial charge in [-0.3, -0.25) is 0 Å². The van der Waals surface area contributed by atoms with Gasteiger partial charge in [-0.05, 0) is 44.0 Å². The van der Waals surface area contributed by atoms with Crippen LogP contribution < -0.4 is 4.74 Å². The second-order valence-corrected chi connectivity index (χ2v) is 7.40. The molecule has 0 saturated carbocycles. The summed E-state index contributed by atoms with van der Waals surface area (Å²) in [6, 6.07) is 4.98. The number of aryl methyl sites for hydroxylation is 3. The minimum absolute atomic E-state index is 0.255. The topological polar surface area (TPSA) is 61.2 Å². The van der Waals surface area contributed by atoms with Crippen LogP contribution in [-0.4, -0.2) is 24.0 Å². The van der Waals surface area contributed by atoms with Gasteiger partial charge in [0.1, 0.15) is 11.6 Å². The average molecular weight is 336 g/mol. The van der Waals surface area contributed by atoms with Crippen LogP contribution in [0.5, 0.6) is 5.75 Å². The van der Waals surface area contributed by atoms with Gasteiger partial charge in [0.25, 0.3) is 10.0 Å². The van der Waals surface area contributed by atoms with Crippen molar-refractivity contribution in [3.05, 3.63) is 41.5 Å². The van der Waals surface area contributed by atoms with Crippen molar-refractivity contribution in [3.8, 4) is 5.75 Å². The third kappa shape index (κ3) is 3.75. The molecule has 126 valence electrons. The van der Waals surface area contributed by atoms with Gasteiger partial charge in [-0.25, -0.2) is 17.4 Å². The highest BCUT2D eigenvalue weighted by Gasteiger charge is 2.21. The Morgan fingerprint density at radius 2 is 1.96 bits per heavy atom. The second-order valence-electron chi connectivity index (χ2n) is 5.58. The van der Waals surface area contributed by atoms with Crippen LogP contribution in [0.15, 0.2) is 29.3 Å². The number of imidazole rings is 1. The number of unbranched alkanes of at least 4 members (excludes halogenated alkanes) is 1. The van der Waals surface area contributed by atoms with E-state index in [-0.39, 0.29) is 4.90 Å². The van der Waals surface area contributed by atoms with Crippen molar-refractivity contribution in [2.24, 2.45) is 0 Å². The van der Waals surface area contributed by atoms with Gasteiger partial charge in [-0.1, -0.05) is 20.3 Å². The monoisotopic (exact) mass is 336 g/mol. The fourth-order valence-corrected chi connectivity index (χ4v) is 3.88. The van der Waals surface area contributed by atoms with Crippen LogP contribution in [0.25, 0.3) is 0 Å². The molecule has 1 aromatic carbocycles. The summed E-state index contributed by atoms with van der Waals surface area (Å²) in [5.41, 5.74) is 1.51. The third-order valence-electron chi connectivity index (χ3n) is 3.64. The molecule has 0 unspecified atom stereocenters. The normalized spacial score (nSPS) is 11.7. The van der Waals surface area contributed by atoms with Crippen LogP contribution in [0.4, 0.5) is 0 Å². The molecule has 2 aromatic rings. The maximum atomic E-state index is 12.8. The molecule has 0 radical (unpaired) electrons. The molecule has 1 heterocycles. The van der Waals surface area contributed by atoms with Crippen LogP contribution in [0.2, 0.25) is 0 Å². The molecule has 0 bridgehead atoms. The molecular formula is C17H24N2O3S. The molecule has 0 saturated heterocycles. The highest BCUT2D eigenvalue weighted by Crippen LogP contribution is 2.24. The van der Waals surface area contributed by atoms with Crippen LogP contribution in [0.3, 0.4) is 0 Å². The maximum Gasteiger partial charge on any atom is 0.269 e. The highest BCUT2D eigenvalue weighted by atomic mass is 32.2. The van der Waals surface area contributed by atoms with Crippen LogP contribution in [-0.2, 0) is 16.4 Å². The Morgan fingerprint density at radius 1 is 1.22 bits per heavy atom. The van der Waals surface area contributed by atoms with Gasteiger partial charge in [-0.15, -0.1) is 0 Å². The van der Waals surface area contributed by atoms with Gasteiger partial charge in [0.05, 0.1) is 17.2 Å². The minimum atomic E-state index is -3.63. The van der Waals surface area contributed by atoms with Crippen molar-refractivity contribution < 1.29 is 13.2 Å². The highest BCUT2D eigenvalue weighted by molar-refractivity contribution is 7.90. The zero-order valence-corrected chi connectivity index (χ0v) is 15.0. The lowest BCUT2D eigenvalue weighted by Gasteiger charge is -2.12. The van der Waals surface area contributed by atoms with Crippen molar-refractivity contribution in [2.45, 2.75) is 51.9 Å². The second kappa shape index (κ2) is 7.17. The van der Waals surface area contributed by atoms with E-state index in [4.69, 9.17) is 4.74 Å². The summed E-state index contributed by atoms with van der Waals surface area (Å²) < 4.78 is 32.6. The first-order valence-electron chi connectivity index (χ1n) is 7.94. The number of hydrogen-bond acceptors (Lipinski definition) is 4. The van der Waals surface area contributed by atoms with E-state index in [0.29, 0.717) is 24.5 Å². The Bertz CT molecular complexity index is 779. The Balaban J connectivity index is 2.35. The largest absolute Gasteiger partial charge is 0.493 e. The lowest BCUT2D eigenvalue weighted by Crippen LogP contribution is -2.15. The summed E-state index contributed by atoms with van der Waals surface area (Å²) in [4.78, 5) is 4.52. The van der Waals surface area contributed by atoms with Gasteiger partial charge < -0.3 is 4.74 Å². The van der Waals surface area contributed by atoms with Crippen LogP contribution >= 0.6 is 0 Å². The lowest BCUT2D eigenvalue weighted by molar-refractivity contribution is 0.307. The smallest absolute Gasteiger partial charge is 0.269 e. The minimum Gasteiger partial charge on any atom is -0.493 e. The number of hydrogen-bond donors (Lipinski definition) is 0. The number of nitrogens with zero attached hydrogens (tertiary/aromatic N) is 2. The summed E-state index contributed by atoms with van der Waals surface area (Å²) in [7, 11) is -3.63. The molecule has 6 heteroatoms. The van der Waals surface area contributed by atoms with Crippen molar-refractivity contribution in [3.63, 3.8) is 0 Å². The van der Waals surface area contributed by atoms with Crippen molar-refractivity contribution >= 4 is 10.0 Å². The molecular weight excluding hydrogens is 312 g/mol. The van der Waals surface area contributed by atoms with E-state index in [9.17, 15) is 8.42 Å². The number of rotatable bonds is 7. The zero-order chi connectivity index (χ0) is 17.0. The maximum absolute atomic E-state index is 12.8. The summed E-state index contributed by atoms with van der Waals surface area (Å²) in [5, 5.41) is 0. The molecule has 0 spiro atoms. The molecule has 0 aliphatic carbocycles. The quantitative estimate of drug-likeness (QED) is 0.726. The molecule has 23 heavy (non-hydrogen) atoms. The van der Waals surface area contributed by atoms with Crippen molar-refractivity contribution in [1.82, 2.24) is 8.96 Å². The van der Waals surface area contributed by atoms with Crippen molar-refractivity contribution in [1.29, 1.82) is 0 Å². The van der Waals surface area contributed by atoms with E-state index in [2.05, 4.69) is 11.9 Å². The predicted molar refractivity (Wildman–Crippen MR) is 90.5 cm³/mol. The molecule has 0 N–H and O–H groups in total. The predicted octanol–water partition coefficient (Wildman–Crippen LogP) is 3.48. The van der Waals surface area contributed by atoms with Gasteiger partial charge >= 0.3 is 0 Å². The van der Waals surface area contributed by atoms with E-state index in [0.717, 1.165) is 24.2 Å². The summed E-state index contributed by atoms with van der Waals surface area (Å²) in [5.74, 6) is 1.28. The zero-order valence-electron chi connectivity index (χ0n) is 14.2. The van der Waals surface area contributed by atoms with E-state index in [1.54, 1.807) is 31.3 Å². The summed E-state index contributed by atoms with van der Waals surface area (Å²) >= 11 is 0. The van der Waals surface area contributed by atoms with Crippen molar-refractivity contribution in [2.75, 3.05) is 6.61 Å². The van der Waals surface area contributed by atoms with Gasteiger partial charge in [0, 0.05) is 12.6 Å². The molecule has 0 aliphatic heterocycles.